The zero-order valence-corrected chi connectivity index (χ0v) is 22.6. The summed E-state index contributed by atoms with van der Waals surface area (Å²) in [6.45, 7) is 2.10. The van der Waals surface area contributed by atoms with Crippen LogP contribution in [0.5, 0.6) is 0 Å². The monoisotopic (exact) mass is 554 g/mol. The van der Waals surface area contributed by atoms with E-state index in [1.54, 1.807) is 12.1 Å². The Bertz CT molecular complexity index is 1550. The summed E-state index contributed by atoms with van der Waals surface area (Å²) in [7, 11) is 0. The number of nitrogens with one attached hydrogen (secondary N) is 1. The largest absolute Gasteiger partial charge is 0.350 e. The maximum Gasteiger partial charge on any atom is 0.247 e. The van der Waals surface area contributed by atoms with Gasteiger partial charge >= 0.3 is 0 Å². The Morgan fingerprint density at radius 1 is 0.950 bits per heavy atom. The van der Waals surface area contributed by atoms with E-state index in [0.29, 0.717) is 23.5 Å². The van der Waals surface area contributed by atoms with Crippen molar-refractivity contribution < 1.29 is 14.0 Å². The molecule has 0 aliphatic heterocycles. The molecule has 1 atom stereocenters. The Labute approximate surface area is 235 Å². The maximum absolute atomic E-state index is 13.9. The molecule has 2 amide bonds. The molecule has 0 aliphatic rings. The topological polar surface area (TPSA) is 93.0 Å². The fourth-order valence-corrected chi connectivity index (χ4v) is 4.89. The lowest BCUT2D eigenvalue weighted by atomic mass is 10.0. The molecule has 0 radical (unpaired) electrons. The molecule has 0 aliphatic carbocycles. The third-order valence-electron chi connectivity index (χ3n) is 6.32. The van der Waals surface area contributed by atoms with Crippen LogP contribution in [0.4, 0.5) is 4.39 Å². The van der Waals surface area contributed by atoms with Gasteiger partial charge in [-0.15, -0.1) is 21.5 Å². The Morgan fingerprint density at radius 3 is 2.40 bits per heavy atom. The Kier molecular flexibility index (Phi) is 8.36. The highest BCUT2D eigenvalue weighted by Crippen LogP contribution is 2.26. The van der Waals surface area contributed by atoms with Crippen LogP contribution in [-0.2, 0) is 29.2 Å². The lowest BCUT2D eigenvalue weighted by Crippen LogP contribution is -2.44. The van der Waals surface area contributed by atoms with Crippen molar-refractivity contribution in [1.29, 1.82) is 0 Å². The number of thiophene rings is 1. The first-order chi connectivity index (χ1) is 19.5. The number of aromatic nitrogens is 4. The zero-order chi connectivity index (χ0) is 27.9. The number of tetrazole rings is 1. The van der Waals surface area contributed by atoms with Crippen LogP contribution in [0.2, 0.25) is 0 Å². The smallest absolute Gasteiger partial charge is 0.247 e. The van der Waals surface area contributed by atoms with Gasteiger partial charge in [-0.3, -0.25) is 9.59 Å². The molecule has 0 bridgehead atoms. The summed E-state index contributed by atoms with van der Waals surface area (Å²) in [5.74, 6) is -0.692. The van der Waals surface area contributed by atoms with Gasteiger partial charge in [0.2, 0.25) is 17.6 Å². The predicted octanol–water partition coefficient (Wildman–Crippen LogP) is 4.94. The first kappa shape index (κ1) is 26.9. The van der Waals surface area contributed by atoms with Crippen molar-refractivity contribution >= 4 is 23.2 Å². The molecule has 1 N–H and O–H groups in total. The molecular weight excluding hydrogens is 527 g/mol. The highest BCUT2D eigenvalue weighted by molar-refractivity contribution is 7.13. The van der Waals surface area contributed by atoms with Gasteiger partial charge in [0, 0.05) is 13.1 Å². The lowest BCUT2D eigenvalue weighted by Gasteiger charge is -2.31. The number of halogens is 1. The highest BCUT2D eigenvalue weighted by Gasteiger charge is 2.32. The molecule has 0 fully saturated rings. The molecule has 202 valence electrons. The second-order valence-corrected chi connectivity index (χ2v) is 10.2. The molecule has 3 aromatic carbocycles. The molecule has 2 aromatic heterocycles. The zero-order valence-electron chi connectivity index (χ0n) is 21.8. The molecule has 40 heavy (non-hydrogen) atoms. The van der Waals surface area contributed by atoms with Crippen molar-refractivity contribution in [1.82, 2.24) is 30.4 Å². The first-order valence-corrected chi connectivity index (χ1v) is 13.6. The molecule has 10 heteroatoms. The summed E-state index contributed by atoms with van der Waals surface area (Å²) in [5.41, 5.74) is 3.28. The molecule has 0 unspecified atom stereocenters. The molecular formula is C30H27FN6O2S. The molecule has 0 saturated heterocycles. The quantitative estimate of drug-likeness (QED) is 0.264. The summed E-state index contributed by atoms with van der Waals surface area (Å²) in [6.07, 6.45) is 0. The van der Waals surface area contributed by atoms with Crippen molar-refractivity contribution in [3.05, 3.63) is 124 Å². The average Bonchev–Trinajstić information content (AvgIpc) is 3.67. The summed E-state index contributed by atoms with van der Waals surface area (Å²) in [4.78, 5) is 31.2. The van der Waals surface area contributed by atoms with Crippen molar-refractivity contribution in [2.24, 2.45) is 0 Å². The fraction of sp³-hybridized carbons (Fsp3) is 0.167. The van der Waals surface area contributed by atoms with Crippen molar-refractivity contribution in [2.45, 2.75) is 32.6 Å². The van der Waals surface area contributed by atoms with E-state index in [4.69, 9.17) is 0 Å². The number of nitrogens with zero attached hydrogens (tertiary/aromatic N) is 5. The molecule has 0 spiro atoms. The third kappa shape index (κ3) is 6.65. The number of carbonyl (C=O) groups excluding carboxylic acids is 2. The maximum atomic E-state index is 13.9. The van der Waals surface area contributed by atoms with Gasteiger partial charge in [-0.1, -0.05) is 78.4 Å². The van der Waals surface area contributed by atoms with Crippen LogP contribution in [0.25, 0.3) is 10.7 Å². The number of hydrogen-bond acceptors (Lipinski definition) is 6. The minimum absolute atomic E-state index is 0.0723. The summed E-state index contributed by atoms with van der Waals surface area (Å²) >= 11 is 1.47. The van der Waals surface area contributed by atoms with E-state index in [1.807, 2.05) is 79.0 Å². The third-order valence-corrected chi connectivity index (χ3v) is 7.19. The van der Waals surface area contributed by atoms with Crippen LogP contribution in [-0.4, -0.2) is 36.9 Å². The number of aryl methyl sites for hydroxylation is 1. The van der Waals surface area contributed by atoms with E-state index in [0.717, 1.165) is 16.0 Å². The fourth-order valence-electron chi connectivity index (χ4n) is 4.24. The second-order valence-electron chi connectivity index (χ2n) is 9.29. The minimum atomic E-state index is -0.956. The Hall–Kier alpha value is -4.70. The lowest BCUT2D eigenvalue weighted by molar-refractivity contribution is -0.142. The van der Waals surface area contributed by atoms with Gasteiger partial charge in [0.1, 0.15) is 18.4 Å². The first-order valence-electron chi connectivity index (χ1n) is 12.7. The van der Waals surface area contributed by atoms with Gasteiger partial charge in [0.25, 0.3) is 0 Å². The minimum Gasteiger partial charge on any atom is -0.350 e. The van der Waals surface area contributed by atoms with Crippen molar-refractivity contribution in [2.75, 3.05) is 0 Å². The van der Waals surface area contributed by atoms with Crippen LogP contribution in [0.15, 0.2) is 96.4 Å². The van der Waals surface area contributed by atoms with Crippen LogP contribution in [0.1, 0.15) is 28.3 Å². The van der Waals surface area contributed by atoms with Crippen LogP contribution in [0.3, 0.4) is 0 Å². The van der Waals surface area contributed by atoms with Crippen molar-refractivity contribution in [3.8, 4) is 10.7 Å². The number of amides is 2. The summed E-state index contributed by atoms with van der Waals surface area (Å²) < 4.78 is 13.7. The summed E-state index contributed by atoms with van der Waals surface area (Å²) in [6, 6.07) is 25.7. The molecule has 5 aromatic rings. The van der Waals surface area contributed by atoms with E-state index < -0.39 is 6.04 Å². The molecule has 8 nitrogen and oxygen atoms in total. The number of hydrogen-bond donors (Lipinski definition) is 1. The molecule has 5 rings (SSSR count). The van der Waals surface area contributed by atoms with Gasteiger partial charge in [0.05, 0.1) is 4.88 Å². The van der Waals surface area contributed by atoms with Crippen LogP contribution >= 0.6 is 11.3 Å². The number of benzene rings is 3. The highest BCUT2D eigenvalue weighted by atomic mass is 32.1. The average molecular weight is 555 g/mol. The van der Waals surface area contributed by atoms with E-state index in [2.05, 4.69) is 20.7 Å². The van der Waals surface area contributed by atoms with E-state index >= 15 is 0 Å². The van der Waals surface area contributed by atoms with Gasteiger partial charge < -0.3 is 10.2 Å². The van der Waals surface area contributed by atoms with Gasteiger partial charge in [-0.2, -0.15) is 4.80 Å². The Morgan fingerprint density at radius 2 is 1.70 bits per heavy atom. The van der Waals surface area contributed by atoms with Gasteiger partial charge in [0.15, 0.2) is 0 Å². The van der Waals surface area contributed by atoms with E-state index in [-0.39, 0.29) is 30.7 Å². The van der Waals surface area contributed by atoms with Gasteiger partial charge in [-0.25, -0.2) is 4.39 Å². The second kappa shape index (κ2) is 12.4. The standard InChI is InChI=1S/C30H27FN6O2S/c1-21-9-13-24(14-10-21)28(30(39)32-18-22-6-3-2-4-7-22)36(19-23-11-15-25(31)16-12-23)27(38)20-37-34-29(33-35-37)26-8-5-17-40-26/h2-17,28H,18-20H2,1H3,(H,32,39)/t28-/m0/s1. The van der Waals surface area contributed by atoms with Gasteiger partial charge in [-0.05, 0) is 52.4 Å². The van der Waals surface area contributed by atoms with Crippen molar-refractivity contribution in [3.63, 3.8) is 0 Å². The molecule has 2 heterocycles. The number of rotatable bonds is 10. The normalized spacial score (nSPS) is 11.7. The number of carbonyl (C=O) groups is 2. The predicted molar refractivity (Wildman–Crippen MR) is 150 cm³/mol. The van der Waals surface area contributed by atoms with E-state index in [1.165, 1.54) is 33.2 Å². The van der Waals surface area contributed by atoms with Crippen LogP contribution in [0, 0.1) is 12.7 Å². The van der Waals surface area contributed by atoms with Crippen LogP contribution < -0.4 is 5.32 Å². The summed E-state index contributed by atoms with van der Waals surface area (Å²) in [5, 5.41) is 17.4. The molecule has 0 saturated carbocycles. The SMILES string of the molecule is Cc1ccc([C@@H](C(=O)NCc2ccccc2)N(Cc2ccc(F)cc2)C(=O)Cn2nnc(-c3cccs3)n2)cc1. The van der Waals surface area contributed by atoms with E-state index in [9.17, 15) is 14.0 Å². The Balaban J connectivity index is 1.47.